The van der Waals surface area contributed by atoms with Gasteiger partial charge in [0.1, 0.15) is 18.6 Å². The molecule has 3 N–H and O–H groups in total. The van der Waals surface area contributed by atoms with Crippen LogP contribution in [0.3, 0.4) is 0 Å². The predicted molar refractivity (Wildman–Crippen MR) is 71.7 cm³/mol. The first kappa shape index (κ1) is 14.4. The van der Waals surface area contributed by atoms with Gasteiger partial charge in [0.25, 0.3) is 17.7 Å². The second-order valence-electron chi connectivity index (χ2n) is 4.01. The molecule has 114 valence electrons. The van der Waals surface area contributed by atoms with E-state index in [2.05, 4.69) is 15.3 Å². The van der Waals surface area contributed by atoms with Gasteiger partial charge in [-0.15, -0.1) is 0 Å². The van der Waals surface area contributed by atoms with Crippen molar-refractivity contribution in [1.29, 1.82) is 0 Å². The van der Waals surface area contributed by atoms with E-state index in [1.807, 2.05) is 0 Å². The van der Waals surface area contributed by atoms with Crippen LogP contribution < -0.4 is 15.5 Å². The van der Waals surface area contributed by atoms with Gasteiger partial charge in [0.15, 0.2) is 0 Å². The van der Waals surface area contributed by atoms with E-state index in [1.54, 1.807) is 0 Å². The van der Waals surface area contributed by atoms with Crippen LogP contribution in [0.15, 0.2) is 52.1 Å². The highest BCUT2D eigenvalue weighted by atomic mass is 16.7. The van der Waals surface area contributed by atoms with Gasteiger partial charge in [-0.3, -0.25) is 0 Å². The van der Waals surface area contributed by atoms with E-state index < -0.39 is 22.8 Å². The summed E-state index contributed by atoms with van der Waals surface area (Å²) >= 11 is 0. The summed E-state index contributed by atoms with van der Waals surface area (Å²) in [5.74, 6) is -0.131. The summed E-state index contributed by atoms with van der Waals surface area (Å²) in [4.78, 5) is 0. The monoisotopic (exact) mass is 308 g/mol. The lowest BCUT2D eigenvalue weighted by Crippen LogP contribution is -2.96. The quantitative estimate of drug-likeness (QED) is 0.355. The minimum absolute atomic E-state index is 0.0437. The van der Waals surface area contributed by atoms with Crippen LogP contribution in [0.5, 0.6) is 0 Å². The van der Waals surface area contributed by atoms with Crippen LogP contribution in [0.2, 0.25) is 0 Å². The highest BCUT2D eigenvalue weighted by molar-refractivity contribution is 6.45. The molecule has 0 fully saturated rings. The molecule has 0 spiro atoms. The fourth-order valence-electron chi connectivity index (χ4n) is 1.54. The third-order valence-corrected chi connectivity index (χ3v) is 2.42. The van der Waals surface area contributed by atoms with Crippen molar-refractivity contribution in [2.75, 3.05) is 0 Å². The van der Waals surface area contributed by atoms with Gasteiger partial charge >= 0.3 is 7.32 Å². The maximum atomic E-state index is 11.0. The molecule has 0 amide bonds. The summed E-state index contributed by atoms with van der Waals surface area (Å²) in [7, 11) is -1.43. The van der Waals surface area contributed by atoms with Crippen LogP contribution in [-0.2, 0) is 14.0 Å². The first-order chi connectivity index (χ1) is 10.6. The van der Waals surface area contributed by atoms with E-state index in [9.17, 15) is 15.6 Å². The van der Waals surface area contributed by atoms with Crippen molar-refractivity contribution in [2.45, 2.75) is 0 Å². The number of hydrogen-bond donors (Lipinski definition) is 3. The molecule has 3 aliphatic rings. The van der Waals surface area contributed by atoms with Crippen molar-refractivity contribution in [3.8, 4) is 0 Å². The molecular weight excluding hydrogens is 299 g/mol. The molecular formula is C9H9BN6O6. The second-order valence-corrected chi connectivity index (χ2v) is 4.01. The Morgan fingerprint density at radius 2 is 1.00 bits per heavy atom. The molecule has 0 aromatic rings. The average molecular weight is 308 g/mol. The molecule has 0 aromatic heterocycles. The number of quaternary nitrogens is 3. The van der Waals surface area contributed by atoms with Gasteiger partial charge in [-0.25, -0.2) is 15.5 Å². The van der Waals surface area contributed by atoms with E-state index in [0.717, 1.165) is 0 Å². The summed E-state index contributed by atoms with van der Waals surface area (Å²) in [6.07, 6.45) is 7.53. The lowest BCUT2D eigenvalue weighted by atomic mass is 10.2. The van der Waals surface area contributed by atoms with E-state index >= 15 is 0 Å². The maximum absolute atomic E-state index is 11.0. The number of hydroxylamine groups is 3. The van der Waals surface area contributed by atoms with Gasteiger partial charge in [0.05, 0.1) is 18.2 Å². The Morgan fingerprint density at radius 3 is 1.23 bits per heavy atom. The van der Waals surface area contributed by atoms with Crippen LogP contribution in [0, 0.1) is 15.6 Å². The highest BCUT2D eigenvalue weighted by Crippen LogP contribution is 2.02. The van der Waals surface area contributed by atoms with Crippen molar-refractivity contribution in [3.05, 3.63) is 52.4 Å². The van der Waals surface area contributed by atoms with Gasteiger partial charge in [0, 0.05) is 0 Å². The van der Waals surface area contributed by atoms with Crippen molar-refractivity contribution >= 4 is 25.0 Å². The molecule has 0 saturated heterocycles. The summed E-state index contributed by atoms with van der Waals surface area (Å²) in [5.41, 5.74) is 0. The van der Waals surface area contributed by atoms with Crippen molar-refractivity contribution < 1.29 is 29.5 Å². The van der Waals surface area contributed by atoms with Crippen LogP contribution in [0.25, 0.3) is 0 Å². The zero-order valence-electron chi connectivity index (χ0n) is 10.8. The predicted octanol–water partition coefficient (Wildman–Crippen LogP) is -4.31. The standard InChI is InChI=1S/C9H9BN6O6/c17-14-4-1-7(11-14)20-10(21-8-2-5-15(18)12-8)22-9-3-6-16(19)13-9/h1-6,14-16H. The largest absolute Gasteiger partial charge is 0.867 e. The molecule has 3 aliphatic heterocycles. The highest BCUT2D eigenvalue weighted by Gasteiger charge is 2.36. The zero-order chi connectivity index (χ0) is 15.5. The van der Waals surface area contributed by atoms with Crippen molar-refractivity contribution in [3.63, 3.8) is 0 Å². The number of hydrogen-bond acceptors (Lipinski definition) is 9. The summed E-state index contributed by atoms with van der Waals surface area (Å²) in [6.45, 7) is 0. The van der Waals surface area contributed by atoms with Crippen LogP contribution in [0.4, 0.5) is 0 Å². The zero-order valence-corrected chi connectivity index (χ0v) is 10.8. The fourth-order valence-corrected chi connectivity index (χ4v) is 1.54. The lowest BCUT2D eigenvalue weighted by Gasteiger charge is -2.13. The molecule has 22 heavy (non-hydrogen) atoms. The Bertz CT molecular complexity index is 544. The maximum Gasteiger partial charge on any atom is 0.867 e. The summed E-state index contributed by atoms with van der Waals surface area (Å²) in [6, 6.07) is 0. The Hall–Kier alpha value is -2.55. The average Bonchev–Trinajstić information content (AvgIpc) is 3.14. The molecule has 0 saturated carbocycles. The molecule has 12 nitrogen and oxygen atoms in total. The third kappa shape index (κ3) is 3.56. The summed E-state index contributed by atoms with van der Waals surface area (Å²) in [5, 5.41) is 42.2. The normalized spacial score (nSPS) is 28.5. The SMILES string of the molecule is [O-][NH+]1C=CC(OB(OC2=N[NH+]([O-])C=C2)OC2=N[NH+]([O-])C=C2)=N1. The number of nitrogens with zero attached hydrogens (tertiary/aromatic N) is 3. The molecule has 0 aromatic carbocycles. The Morgan fingerprint density at radius 1 is 0.682 bits per heavy atom. The van der Waals surface area contributed by atoms with Crippen LogP contribution >= 0.6 is 0 Å². The van der Waals surface area contributed by atoms with Gasteiger partial charge in [-0.1, -0.05) is 0 Å². The second kappa shape index (κ2) is 6.06. The topological polar surface area (TPSA) is 147 Å². The van der Waals surface area contributed by atoms with E-state index in [0.29, 0.717) is 0 Å². The molecule has 3 atom stereocenters. The van der Waals surface area contributed by atoms with E-state index in [1.165, 1.54) is 36.8 Å². The van der Waals surface area contributed by atoms with Gasteiger partial charge < -0.3 is 29.6 Å². The molecule has 0 radical (unpaired) electrons. The summed E-state index contributed by atoms with van der Waals surface area (Å²) < 4.78 is 15.7. The minimum Gasteiger partial charge on any atom is -0.601 e. The van der Waals surface area contributed by atoms with Gasteiger partial charge in [-0.05, 0) is 15.3 Å². The van der Waals surface area contributed by atoms with E-state index in [-0.39, 0.29) is 17.7 Å². The lowest BCUT2D eigenvalue weighted by molar-refractivity contribution is -0.795. The molecule has 0 aliphatic carbocycles. The van der Waals surface area contributed by atoms with E-state index in [4.69, 9.17) is 14.0 Å². The minimum atomic E-state index is -1.43. The Balaban J connectivity index is 1.68. The fraction of sp³-hybridized carbons (Fsp3) is 0. The van der Waals surface area contributed by atoms with Crippen LogP contribution in [0.1, 0.15) is 0 Å². The van der Waals surface area contributed by atoms with Crippen LogP contribution in [-0.4, -0.2) is 25.0 Å². The Labute approximate surface area is 123 Å². The van der Waals surface area contributed by atoms with Gasteiger partial charge in [-0.2, -0.15) is 0 Å². The Kier molecular flexibility index (Phi) is 3.97. The molecule has 3 rings (SSSR count). The molecule has 3 heterocycles. The number of nitrogens with one attached hydrogen (secondary N) is 3. The smallest absolute Gasteiger partial charge is 0.601 e. The number of rotatable bonds is 3. The molecule has 0 bridgehead atoms. The molecule has 3 unspecified atom stereocenters. The first-order valence-corrected chi connectivity index (χ1v) is 6.01. The van der Waals surface area contributed by atoms with Gasteiger partial charge in [0.2, 0.25) is 0 Å². The first-order valence-electron chi connectivity index (χ1n) is 6.01. The van der Waals surface area contributed by atoms with Crippen molar-refractivity contribution in [1.82, 2.24) is 0 Å². The third-order valence-electron chi connectivity index (χ3n) is 2.42. The molecule has 13 heteroatoms. The van der Waals surface area contributed by atoms with Crippen molar-refractivity contribution in [2.24, 2.45) is 15.3 Å².